The van der Waals surface area contributed by atoms with E-state index in [1.54, 1.807) is 48.2 Å². The molecule has 0 saturated carbocycles. The lowest BCUT2D eigenvalue weighted by atomic mass is 9.96. The minimum absolute atomic E-state index is 0.0908. The van der Waals surface area contributed by atoms with Crippen molar-refractivity contribution in [3.63, 3.8) is 0 Å². The fourth-order valence-electron chi connectivity index (χ4n) is 4.78. The number of para-hydroxylation sites is 1. The summed E-state index contributed by atoms with van der Waals surface area (Å²) in [5.41, 5.74) is 0.442. The molecule has 3 rings (SSSR count). The first-order chi connectivity index (χ1) is 17.8. The number of benzene rings is 2. The topological polar surface area (TPSA) is 53.1 Å². The predicted octanol–water partition coefficient (Wildman–Crippen LogP) is 6.26. The number of anilines is 1. The van der Waals surface area contributed by atoms with Gasteiger partial charge in [0.05, 0.1) is 12.1 Å². The van der Waals surface area contributed by atoms with Crippen LogP contribution in [0, 0.1) is 12.8 Å². The summed E-state index contributed by atoms with van der Waals surface area (Å²) in [5, 5.41) is 0. The largest absolute Gasteiger partial charge is 0.444 e. The molecule has 0 aromatic heterocycles. The Morgan fingerprint density at radius 1 is 1.13 bits per heavy atom. The lowest BCUT2D eigenvalue weighted by molar-refractivity contribution is -0.138. The molecule has 1 saturated heterocycles. The van der Waals surface area contributed by atoms with Gasteiger partial charge in [-0.2, -0.15) is 13.2 Å². The molecule has 1 heterocycles. The van der Waals surface area contributed by atoms with Crippen molar-refractivity contribution in [1.29, 1.82) is 0 Å². The molecule has 9 heteroatoms. The van der Waals surface area contributed by atoms with Crippen LogP contribution in [0.5, 0.6) is 0 Å². The van der Waals surface area contributed by atoms with Gasteiger partial charge in [-0.3, -0.25) is 4.79 Å². The molecule has 6 nitrogen and oxygen atoms in total. The Balaban J connectivity index is 1.65. The summed E-state index contributed by atoms with van der Waals surface area (Å²) in [6, 6.07) is 11.6. The highest BCUT2D eigenvalue weighted by Crippen LogP contribution is 2.36. The van der Waals surface area contributed by atoms with Crippen LogP contribution < -0.4 is 4.90 Å². The Kier molecular flexibility index (Phi) is 9.46. The Morgan fingerprint density at radius 2 is 1.82 bits per heavy atom. The molecule has 1 unspecified atom stereocenters. The highest BCUT2D eigenvalue weighted by Gasteiger charge is 2.35. The van der Waals surface area contributed by atoms with Gasteiger partial charge >= 0.3 is 12.3 Å². The quantitative estimate of drug-likeness (QED) is 0.357. The van der Waals surface area contributed by atoms with Gasteiger partial charge in [0.15, 0.2) is 0 Å². The van der Waals surface area contributed by atoms with Crippen molar-refractivity contribution in [2.75, 3.05) is 31.6 Å². The maximum atomic E-state index is 14.1. The fourth-order valence-corrected chi connectivity index (χ4v) is 4.78. The fraction of sp³-hybridized carbons (Fsp3) is 0.517. The number of hydrogen-bond acceptors (Lipinski definition) is 4. The van der Waals surface area contributed by atoms with Gasteiger partial charge in [-0.25, -0.2) is 4.79 Å². The molecule has 2 amide bonds. The number of likely N-dealkylation sites (tertiary alicyclic amines) is 1. The monoisotopic (exact) mass is 533 g/mol. The molecule has 0 spiro atoms. The second-order valence-electron chi connectivity index (χ2n) is 11.1. The number of alkyl halides is 3. The number of nitrogens with zero attached hydrogens (tertiary/aromatic N) is 3. The molecule has 0 aliphatic carbocycles. The van der Waals surface area contributed by atoms with Gasteiger partial charge < -0.3 is 19.4 Å². The number of ether oxygens (including phenoxy) is 1. The van der Waals surface area contributed by atoms with E-state index in [0.29, 0.717) is 55.3 Å². The molecule has 0 radical (unpaired) electrons. The Morgan fingerprint density at radius 3 is 2.42 bits per heavy atom. The average molecular weight is 534 g/mol. The van der Waals surface area contributed by atoms with Gasteiger partial charge in [0.1, 0.15) is 5.60 Å². The van der Waals surface area contributed by atoms with Gasteiger partial charge in [-0.05, 0) is 94.9 Å². The van der Waals surface area contributed by atoms with Gasteiger partial charge in [0.25, 0.3) is 0 Å². The van der Waals surface area contributed by atoms with Crippen LogP contribution in [0.15, 0.2) is 42.5 Å². The third-order valence-electron chi connectivity index (χ3n) is 6.69. The number of amides is 2. The van der Waals surface area contributed by atoms with Crippen LogP contribution in [0.4, 0.5) is 23.7 Å². The number of hydrogen-bond donors (Lipinski definition) is 0. The van der Waals surface area contributed by atoms with Crippen LogP contribution in [-0.2, 0) is 28.8 Å². The molecule has 0 bridgehead atoms. The van der Waals surface area contributed by atoms with E-state index in [1.165, 1.54) is 11.0 Å². The number of carbonyl (C=O) groups is 2. The van der Waals surface area contributed by atoms with E-state index in [0.717, 1.165) is 12.8 Å². The number of carbonyl (C=O) groups excluding carboxylic acids is 2. The van der Waals surface area contributed by atoms with Crippen molar-refractivity contribution in [3.8, 4) is 0 Å². The second-order valence-corrected chi connectivity index (χ2v) is 11.1. The zero-order valence-electron chi connectivity index (χ0n) is 22.8. The summed E-state index contributed by atoms with van der Waals surface area (Å²) in [5.74, 6) is 0.326. The Bertz CT molecular complexity index is 1100. The number of aryl methyl sites for hydroxylation is 1. The second kappa shape index (κ2) is 12.2. The predicted molar refractivity (Wildman–Crippen MR) is 142 cm³/mol. The van der Waals surface area contributed by atoms with Crippen molar-refractivity contribution >= 4 is 18.2 Å². The van der Waals surface area contributed by atoms with Gasteiger partial charge in [0, 0.05) is 25.3 Å². The average Bonchev–Trinajstić information content (AvgIpc) is 3.30. The minimum Gasteiger partial charge on any atom is -0.444 e. The maximum absolute atomic E-state index is 14.1. The molecule has 1 atom stereocenters. The van der Waals surface area contributed by atoms with Crippen LogP contribution in [0.2, 0.25) is 0 Å². The Hall–Kier alpha value is -3.07. The summed E-state index contributed by atoms with van der Waals surface area (Å²) < 4.78 is 47.7. The zero-order valence-corrected chi connectivity index (χ0v) is 22.8. The van der Waals surface area contributed by atoms with Gasteiger partial charge in [0.2, 0.25) is 6.41 Å². The lowest BCUT2D eigenvalue weighted by Gasteiger charge is -2.25. The summed E-state index contributed by atoms with van der Waals surface area (Å²) in [6.45, 7) is 9.36. The molecule has 2 aromatic rings. The first kappa shape index (κ1) is 29.5. The van der Waals surface area contributed by atoms with Crippen LogP contribution in [-0.4, -0.2) is 54.6 Å². The standard InChI is InChI=1S/C29H38F3N3O3/c1-21-15-23(17-33(5)13-11-22-12-14-34(18-22)27(37)38-28(2,3)4)16-26(29(30,31)32)25(21)19-35(20-36)24-9-7-6-8-10-24/h6-10,15-16,20,22H,11-14,17-19H2,1-5H3. The summed E-state index contributed by atoms with van der Waals surface area (Å²) in [4.78, 5) is 29.0. The molecule has 1 aliphatic rings. The van der Waals surface area contributed by atoms with Crippen LogP contribution in [0.1, 0.15) is 55.9 Å². The Labute approximate surface area is 223 Å². The number of halogens is 3. The van der Waals surface area contributed by atoms with E-state index in [9.17, 15) is 22.8 Å². The lowest BCUT2D eigenvalue weighted by Crippen LogP contribution is -2.35. The van der Waals surface area contributed by atoms with Crippen LogP contribution >= 0.6 is 0 Å². The molecule has 0 N–H and O–H groups in total. The minimum atomic E-state index is -4.55. The normalized spacial score (nSPS) is 16.1. The van der Waals surface area contributed by atoms with E-state index < -0.39 is 17.3 Å². The zero-order chi connectivity index (χ0) is 28.1. The summed E-state index contributed by atoms with van der Waals surface area (Å²) in [6.07, 6.45) is -2.57. The highest BCUT2D eigenvalue weighted by atomic mass is 19.4. The van der Waals surface area contributed by atoms with Crippen LogP contribution in [0.25, 0.3) is 0 Å². The van der Waals surface area contributed by atoms with Crippen molar-refractivity contribution < 1.29 is 27.5 Å². The van der Waals surface area contributed by atoms with Crippen LogP contribution in [0.3, 0.4) is 0 Å². The summed E-state index contributed by atoms with van der Waals surface area (Å²) >= 11 is 0. The van der Waals surface area contributed by atoms with Crippen molar-refractivity contribution in [1.82, 2.24) is 9.80 Å². The number of rotatable bonds is 9. The third kappa shape index (κ3) is 8.21. The van der Waals surface area contributed by atoms with E-state index in [-0.39, 0.29) is 18.2 Å². The molecule has 38 heavy (non-hydrogen) atoms. The third-order valence-corrected chi connectivity index (χ3v) is 6.69. The molecule has 1 aliphatic heterocycles. The molecular formula is C29H38F3N3O3. The smallest absolute Gasteiger partial charge is 0.416 e. The first-order valence-electron chi connectivity index (χ1n) is 12.9. The van der Waals surface area contributed by atoms with Crippen molar-refractivity contribution in [2.24, 2.45) is 5.92 Å². The molecule has 208 valence electrons. The van der Waals surface area contributed by atoms with Gasteiger partial charge in [-0.1, -0.05) is 24.3 Å². The molecule has 2 aromatic carbocycles. The maximum Gasteiger partial charge on any atom is 0.416 e. The summed E-state index contributed by atoms with van der Waals surface area (Å²) in [7, 11) is 1.89. The van der Waals surface area contributed by atoms with Crippen molar-refractivity contribution in [3.05, 3.63) is 64.7 Å². The van der Waals surface area contributed by atoms with Crippen molar-refractivity contribution in [2.45, 2.75) is 65.4 Å². The molecular weight excluding hydrogens is 495 g/mol. The first-order valence-corrected chi connectivity index (χ1v) is 12.9. The van der Waals surface area contributed by atoms with E-state index in [1.807, 2.05) is 32.7 Å². The molecule has 1 fully saturated rings. The van der Waals surface area contributed by atoms with E-state index in [2.05, 4.69) is 0 Å². The van der Waals surface area contributed by atoms with E-state index in [4.69, 9.17) is 4.74 Å². The van der Waals surface area contributed by atoms with E-state index >= 15 is 0 Å². The highest BCUT2D eigenvalue weighted by molar-refractivity contribution is 5.75. The SMILES string of the molecule is Cc1cc(CN(C)CCC2CCN(C(=O)OC(C)(C)C)C2)cc(C(F)(F)F)c1CN(C=O)c1ccccc1. The van der Waals surface area contributed by atoms with Gasteiger partial charge in [-0.15, -0.1) is 0 Å².